The monoisotopic (exact) mass is 343 g/mol. The van der Waals surface area contributed by atoms with Gasteiger partial charge in [0.05, 0.1) is 10.2 Å². The van der Waals surface area contributed by atoms with Gasteiger partial charge < -0.3 is 16.0 Å². The van der Waals surface area contributed by atoms with Crippen molar-refractivity contribution < 1.29 is 9.18 Å². The highest BCUT2D eigenvalue weighted by atomic mass is 79.9. The molecular formula is C14H19BrFN3O. The van der Waals surface area contributed by atoms with Gasteiger partial charge in [-0.25, -0.2) is 4.39 Å². The van der Waals surface area contributed by atoms with Gasteiger partial charge in [0.1, 0.15) is 0 Å². The fraction of sp³-hybridized carbons (Fsp3) is 0.500. The zero-order valence-corrected chi connectivity index (χ0v) is 13.0. The zero-order valence-electron chi connectivity index (χ0n) is 11.5. The molecule has 1 saturated heterocycles. The van der Waals surface area contributed by atoms with E-state index in [9.17, 15) is 9.18 Å². The molecule has 0 unspecified atom stereocenters. The fourth-order valence-corrected chi connectivity index (χ4v) is 3.03. The van der Waals surface area contributed by atoms with E-state index in [1.54, 1.807) is 6.07 Å². The largest absolute Gasteiger partial charge is 0.369 e. The third-order valence-electron chi connectivity index (χ3n) is 3.60. The molecule has 110 valence electrons. The average molecular weight is 344 g/mol. The van der Waals surface area contributed by atoms with Gasteiger partial charge in [0.25, 0.3) is 0 Å². The van der Waals surface area contributed by atoms with Gasteiger partial charge in [0.15, 0.2) is 5.82 Å². The lowest BCUT2D eigenvalue weighted by Crippen LogP contribution is -2.44. The van der Waals surface area contributed by atoms with Crippen LogP contribution in [0.5, 0.6) is 0 Å². The summed E-state index contributed by atoms with van der Waals surface area (Å²) in [5, 5.41) is 2.91. The van der Waals surface area contributed by atoms with Crippen molar-refractivity contribution in [2.45, 2.75) is 32.4 Å². The summed E-state index contributed by atoms with van der Waals surface area (Å²) in [6.07, 6.45) is 1.66. The number of benzene rings is 1. The van der Waals surface area contributed by atoms with Crippen molar-refractivity contribution in [2.24, 2.45) is 5.73 Å². The van der Waals surface area contributed by atoms with Crippen LogP contribution in [0.1, 0.15) is 25.3 Å². The van der Waals surface area contributed by atoms with Gasteiger partial charge in [-0.3, -0.25) is 4.79 Å². The average Bonchev–Trinajstić information content (AvgIpc) is 2.42. The first-order valence-corrected chi connectivity index (χ1v) is 7.51. The Morgan fingerprint density at radius 2 is 2.15 bits per heavy atom. The number of hydrogen-bond acceptors (Lipinski definition) is 3. The summed E-state index contributed by atoms with van der Waals surface area (Å²) in [6, 6.07) is 3.82. The fourth-order valence-electron chi connectivity index (χ4n) is 2.53. The van der Waals surface area contributed by atoms with Crippen molar-refractivity contribution in [1.82, 2.24) is 5.32 Å². The van der Waals surface area contributed by atoms with Crippen LogP contribution in [0, 0.1) is 5.82 Å². The van der Waals surface area contributed by atoms with Crippen LogP contribution in [0.15, 0.2) is 16.6 Å². The van der Waals surface area contributed by atoms with Crippen LogP contribution in [0.4, 0.5) is 10.1 Å². The topological polar surface area (TPSA) is 58.4 Å². The van der Waals surface area contributed by atoms with Crippen molar-refractivity contribution in [3.8, 4) is 0 Å². The second kappa shape index (κ2) is 6.54. The highest BCUT2D eigenvalue weighted by Gasteiger charge is 2.23. The number of amides is 1. The van der Waals surface area contributed by atoms with E-state index in [0.29, 0.717) is 16.7 Å². The van der Waals surface area contributed by atoms with Crippen LogP contribution in [0.3, 0.4) is 0 Å². The molecule has 0 aromatic heterocycles. The van der Waals surface area contributed by atoms with Crippen LogP contribution in [-0.4, -0.2) is 25.0 Å². The SMILES string of the molecule is CC(=O)NC1CCN(c2ccc(CN)c(Br)c2F)CC1. The predicted molar refractivity (Wildman–Crippen MR) is 81.0 cm³/mol. The maximum Gasteiger partial charge on any atom is 0.217 e. The maximum absolute atomic E-state index is 14.3. The van der Waals surface area contributed by atoms with Crippen molar-refractivity contribution in [2.75, 3.05) is 18.0 Å². The molecule has 6 heteroatoms. The predicted octanol–water partition coefficient (Wildman–Crippen LogP) is 2.15. The van der Waals surface area contributed by atoms with E-state index >= 15 is 0 Å². The van der Waals surface area contributed by atoms with Crippen molar-refractivity contribution in [3.63, 3.8) is 0 Å². The van der Waals surface area contributed by atoms with Gasteiger partial charge >= 0.3 is 0 Å². The first-order valence-electron chi connectivity index (χ1n) is 6.72. The van der Waals surface area contributed by atoms with E-state index < -0.39 is 0 Å². The standard InChI is InChI=1S/C14H19BrFN3O/c1-9(20)18-11-4-6-19(7-5-11)12-3-2-10(8-17)13(15)14(12)16/h2-3,11H,4-8,17H2,1H3,(H,18,20). The first kappa shape index (κ1) is 15.3. The summed E-state index contributed by atoms with van der Waals surface area (Å²) in [7, 11) is 0. The Kier molecular flexibility index (Phi) is 4.99. The van der Waals surface area contributed by atoms with Crippen molar-refractivity contribution in [1.29, 1.82) is 0 Å². The molecule has 0 spiro atoms. The Morgan fingerprint density at radius 3 is 2.70 bits per heavy atom. The van der Waals surface area contributed by atoms with Crippen LogP contribution in [0.2, 0.25) is 0 Å². The maximum atomic E-state index is 14.3. The number of carbonyl (C=O) groups excluding carboxylic acids is 1. The zero-order chi connectivity index (χ0) is 14.7. The molecule has 1 heterocycles. The summed E-state index contributed by atoms with van der Waals surface area (Å²) in [5.74, 6) is -0.268. The Bertz CT molecular complexity index is 501. The van der Waals surface area contributed by atoms with Crippen LogP contribution in [-0.2, 0) is 11.3 Å². The summed E-state index contributed by atoms with van der Waals surface area (Å²) in [5.41, 5.74) is 6.92. The Labute approximate surface area is 126 Å². The minimum Gasteiger partial charge on any atom is -0.369 e. The van der Waals surface area contributed by atoms with E-state index in [4.69, 9.17) is 5.73 Å². The third kappa shape index (κ3) is 3.30. The minimum absolute atomic E-state index is 0.00956. The molecule has 1 aromatic rings. The highest BCUT2D eigenvalue weighted by molar-refractivity contribution is 9.10. The van der Waals surface area contributed by atoms with E-state index in [-0.39, 0.29) is 17.8 Å². The molecule has 3 N–H and O–H groups in total. The second-order valence-electron chi connectivity index (χ2n) is 5.04. The van der Waals surface area contributed by atoms with Gasteiger partial charge in [0.2, 0.25) is 5.91 Å². The second-order valence-corrected chi connectivity index (χ2v) is 5.83. The number of hydrogen-bond donors (Lipinski definition) is 2. The molecule has 0 saturated carbocycles. The summed E-state index contributed by atoms with van der Waals surface area (Å²) in [4.78, 5) is 13.0. The molecule has 0 aliphatic carbocycles. The highest BCUT2D eigenvalue weighted by Crippen LogP contribution is 2.30. The van der Waals surface area contributed by atoms with E-state index in [2.05, 4.69) is 21.2 Å². The molecule has 0 atom stereocenters. The number of anilines is 1. The number of nitrogens with zero attached hydrogens (tertiary/aromatic N) is 1. The van der Waals surface area contributed by atoms with Gasteiger partial charge in [-0.1, -0.05) is 6.07 Å². The number of halogens is 2. The van der Waals surface area contributed by atoms with E-state index in [0.717, 1.165) is 31.5 Å². The van der Waals surface area contributed by atoms with Gasteiger partial charge in [-0.15, -0.1) is 0 Å². The number of piperidine rings is 1. The lowest BCUT2D eigenvalue weighted by Gasteiger charge is -2.34. The number of nitrogens with two attached hydrogens (primary N) is 1. The molecule has 20 heavy (non-hydrogen) atoms. The van der Waals surface area contributed by atoms with E-state index in [1.165, 1.54) is 6.92 Å². The molecule has 1 aliphatic heterocycles. The summed E-state index contributed by atoms with van der Waals surface area (Å²) in [6.45, 7) is 3.30. The number of carbonyl (C=O) groups is 1. The Hall–Kier alpha value is -1.14. The van der Waals surface area contributed by atoms with Crippen molar-refractivity contribution >= 4 is 27.5 Å². The van der Waals surface area contributed by atoms with Gasteiger partial charge in [-0.2, -0.15) is 0 Å². The number of nitrogens with one attached hydrogen (secondary N) is 1. The molecule has 4 nitrogen and oxygen atoms in total. The summed E-state index contributed by atoms with van der Waals surface area (Å²) >= 11 is 3.26. The quantitative estimate of drug-likeness (QED) is 0.884. The molecule has 1 fully saturated rings. The van der Waals surface area contributed by atoms with Gasteiger partial charge in [0, 0.05) is 32.6 Å². The lowest BCUT2D eigenvalue weighted by atomic mass is 10.0. The van der Waals surface area contributed by atoms with Crippen LogP contribution in [0.25, 0.3) is 0 Å². The normalized spacial score (nSPS) is 16.3. The smallest absolute Gasteiger partial charge is 0.217 e. The third-order valence-corrected chi connectivity index (χ3v) is 4.46. The molecule has 2 rings (SSSR count). The van der Waals surface area contributed by atoms with Crippen molar-refractivity contribution in [3.05, 3.63) is 28.0 Å². The Morgan fingerprint density at radius 1 is 1.50 bits per heavy atom. The van der Waals surface area contributed by atoms with Crippen LogP contribution < -0.4 is 16.0 Å². The Balaban J connectivity index is 2.07. The van der Waals surface area contributed by atoms with E-state index in [1.807, 2.05) is 11.0 Å². The molecular weight excluding hydrogens is 325 g/mol. The van der Waals surface area contributed by atoms with Gasteiger partial charge in [-0.05, 0) is 40.4 Å². The van der Waals surface area contributed by atoms with Crippen LogP contribution >= 0.6 is 15.9 Å². The number of rotatable bonds is 3. The molecule has 1 amide bonds. The lowest BCUT2D eigenvalue weighted by molar-refractivity contribution is -0.119. The molecule has 0 bridgehead atoms. The summed E-state index contributed by atoms with van der Waals surface area (Å²) < 4.78 is 14.8. The molecule has 1 aliphatic rings. The molecule has 0 radical (unpaired) electrons. The minimum atomic E-state index is -0.258. The molecule has 1 aromatic carbocycles. The first-order chi connectivity index (χ1) is 9.52.